The molecule has 0 bridgehead atoms. The lowest BCUT2D eigenvalue weighted by Crippen LogP contribution is -2.35. The number of aromatic nitrogens is 2. The summed E-state index contributed by atoms with van der Waals surface area (Å²) in [5.74, 6) is -0.322. The average molecular weight is 324 g/mol. The van der Waals surface area contributed by atoms with Crippen LogP contribution in [-0.2, 0) is 4.74 Å². The number of imidazole rings is 1. The third-order valence-electron chi connectivity index (χ3n) is 4.94. The highest BCUT2D eigenvalue weighted by Gasteiger charge is 2.34. The summed E-state index contributed by atoms with van der Waals surface area (Å²) in [5, 5.41) is 0. The molecule has 3 rings (SSSR count). The highest BCUT2D eigenvalue weighted by molar-refractivity contribution is 5.88. The van der Waals surface area contributed by atoms with Crippen LogP contribution in [-0.4, -0.2) is 21.1 Å². The molecule has 0 N–H and O–H groups in total. The summed E-state index contributed by atoms with van der Waals surface area (Å²) in [6, 6.07) is 10.1. The van der Waals surface area contributed by atoms with Gasteiger partial charge in [0.05, 0.1) is 18.6 Å². The Balaban J connectivity index is 1.82. The van der Waals surface area contributed by atoms with Crippen molar-refractivity contribution in [1.29, 1.82) is 0 Å². The number of benzene rings is 1. The molecule has 1 saturated carbocycles. The molecule has 4 nitrogen and oxygen atoms in total. The van der Waals surface area contributed by atoms with Crippen molar-refractivity contribution in [3.05, 3.63) is 66.8 Å². The van der Waals surface area contributed by atoms with E-state index in [0.717, 1.165) is 31.2 Å². The van der Waals surface area contributed by atoms with Crippen molar-refractivity contribution in [2.75, 3.05) is 0 Å². The van der Waals surface area contributed by atoms with Crippen LogP contribution in [0.1, 0.15) is 61.1 Å². The highest BCUT2D eigenvalue weighted by atomic mass is 16.6. The normalized spacial score (nSPS) is 17.9. The zero-order valence-electron chi connectivity index (χ0n) is 14.1. The van der Waals surface area contributed by atoms with Crippen LogP contribution in [0.5, 0.6) is 0 Å². The van der Waals surface area contributed by atoms with Crippen molar-refractivity contribution in [1.82, 2.24) is 9.55 Å². The quantitative estimate of drug-likeness (QED) is 0.599. The van der Waals surface area contributed by atoms with Gasteiger partial charge in [0.25, 0.3) is 0 Å². The Bertz CT molecular complexity index is 699. The molecule has 1 aliphatic rings. The van der Waals surface area contributed by atoms with Crippen molar-refractivity contribution in [3.8, 4) is 0 Å². The molecule has 0 saturated heterocycles. The van der Waals surface area contributed by atoms with E-state index in [1.807, 2.05) is 34.9 Å². The van der Waals surface area contributed by atoms with Gasteiger partial charge < -0.3 is 9.30 Å². The van der Waals surface area contributed by atoms with Gasteiger partial charge in [0, 0.05) is 0 Å². The predicted molar refractivity (Wildman–Crippen MR) is 93.9 cm³/mol. The lowest BCUT2D eigenvalue weighted by molar-refractivity contribution is -0.0124. The SMILES string of the molecule is C=CC1(OC(=O)c2cncn2C(C)c2ccccc2)CCCCC1. The molecule has 1 aromatic heterocycles. The van der Waals surface area contributed by atoms with Crippen LogP contribution in [0.25, 0.3) is 0 Å². The molecule has 24 heavy (non-hydrogen) atoms. The fourth-order valence-electron chi connectivity index (χ4n) is 3.40. The van der Waals surface area contributed by atoms with E-state index in [4.69, 9.17) is 4.74 Å². The fraction of sp³-hybridized carbons (Fsp3) is 0.400. The molecule has 1 heterocycles. The molecule has 1 aliphatic carbocycles. The van der Waals surface area contributed by atoms with E-state index in [1.54, 1.807) is 18.6 Å². The summed E-state index contributed by atoms with van der Waals surface area (Å²) < 4.78 is 7.75. The number of carbonyl (C=O) groups excluding carboxylic acids is 1. The second kappa shape index (κ2) is 7.04. The minimum atomic E-state index is -0.527. The first-order valence-corrected chi connectivity index (χ1v) is 8.59. The number of ether oxygens (including phenoxy) is 1. The van der Waals surface area contributed by atoms with E-state index in [9.17, 15) is 4.79 Å². The first-order chi connectivity index (χ1) is 11.7. The van der Waals surface area contributed by atoms with Crippen molar-refractivity contribution < 1.29 is 9.53 Å². The predicted octanol–water partition coefficient (Wildman–Crippen LogP) is 4.54. The Morgan fingerprint density at radius 3 is 2.67 bits per heavy atom. The zero-order chi connectivity index (χ0) is 17.0. The molecule has 2 aromatic rings. The molecule has 0 amide bonds. The van der Waals surface area contributed by atoms with Crippen molar-refractivity contribution in [2.45, 2.75) is 50.7 Å². The largest absolute Gasteiger partial charge is 0.450 e. The van der Waals surface area contributed by atoms with Gasteiger partial charge in [0.2, 0.25) is 0 Å². The van der Waals surface area contributed by atoms with Crippen LogP contribution in [0, 0.1) is 0 Å². The third kappa shape index (κ3) is 3.28. The van der Waals surface area contributed by atoms with E-state index in [-0.39, 0.29) is 12.0 Å². The lowest BCUT2D eigenvalue weighted by atomic mass is 9.85. The van der Waals surface area contributed by atoms with Crippen LogP contribution in [0.2, 0.25) is 0 Å². The van der Waals surface area contributed by atoms with Crippen LogP contribution in [0.3, 0.4) is 0 Å². The molecule has 4 heteroatoms. The summed E-state index contributed by atoms with van der Waals surface area (Å²) >= 11 is 0. The molecule has 0 aliphatic heterocycles. The van der Waals surface area contributed by atoms with E-state index < -0.39 is 5.60 Å². The zero-order valence-corrected chi connectivity index (χ0v) is 14.1. The number of carbonyl (C=O) groups is 1. The fourth-order valence-corrected chi connectivity index (χ4v) is 3.40. The minimum absolute atomic E-state index is 0.0160. The number of esters is 1. The molecule has 126 valence electrons. The molecule has 1 fully saturated rings. The summed E-state index contributed by atoms with van der Waals surface area (Å²) in [7, 11) is 0. The monoisotopic (exact) mass is 324 g/mol. The first-order valence-electron chi connectivity index (χ1n) is 8.59. The summed E-state index contributed by atoms with van der Waals surface area (Å²) in [6.07, 6.45) is 10.1. The van der Waals surface area contributed by atoms with Crippen molar-refractivity contribution >= 4 is 5.97 Å². The Kier molecular flexibility index (Phi) is 4.84. The maximum atomic E-state index is 12.8. The van der Waals surface area contributed by atoms with Gasteiger partial charge >= 0.3 is 5.97 Å². The molecule has 0 radical (unpaired) electrons. The van der Waals surface area contributed by atoms with E-state index >= 15 is 0 Å². The van der Waals surface area contributed by atoms with Gasteiger partial charge in [-0.05, 0) is 44.2 Å². The average Bonchev–Trinajstić information content (AvgIpc) is 3.12. The number of nitrogens with zero attached hydrogens (tertiary/aromatic N) is 2. The van der Waals surface area contributed by atoms with Gasteiger partial charge in [-0.25, -0.2) is 9.78 Å². The second-order valence-electron chi connectivity index (χ2n) is 6.49. The van der Waals surface area contributed by atoms with Gasteiger partial charge in [-0.15, -0.1) is 0 Å². The maximum absolute atomic E-state index is 12.8. The minimum Gasteiger partial charge on any atom is -0.450 e. The number of hydrogen-bond acceptors (Lipinski definition) is 3. The Hall–Kier alpha value is -2.36. The van der Waals surface area contributed by atoms with Gasteiger partial charge in [0.1, 0.15) is 11.3 Å². The highest BCUT2D eigenvalue weighted by Crippen LogP contribution is 2.33. The van der Waals surface area contributed by atoms with Gasteiger partial charge in [0.15, 0.2) is 0 Å². The van der Waals surface area contributed by atoms with E-state index in [2.05, 4.69) is 18.5 Å². The summed E-state index contributed by atoms with van der Waals surface area (Å²) in [6.45, 7) is 5.95. The Labute approximate surface area is 143 Å². The summed E-state index contributed by atoms with van der Waals surface area (Å²) in [4.78, 5) is 16.9. The molecular weight excluding hydrogens is 300 g/mol. The maximum Gasteiger partial charge on any atom is 0.357 e. The number of rotatable bonds is 5. The molecule has 1 unspecified atom stereocenters. The molecule has 1 atom stereocenters. The lowest BCUT2D eigenvalue weighted by Gasteiger charge is -2.34. The Morgan fingerprint density at radius 1 is 1.29 bits per heavy atom. The van der Waals surface area contributed by atoms with E-state index in [1.165, 1.54) is 6.42 Å². The van der Waals surface area contributed by atoms with Crippen molar-refractivity contribution in [3.63, 3.8) is 0 Å². The van der Waals surface area contributed by atoms with E-state index in [0.29, 0.717) is 5.69 Å². The van der Waals surface area contributed by atoms with Gasteiger partial charge in [-0.1, -0.05) is 43.3 Å². The number of hydrogen-bond donors (Lipinski definition) is 0. The van der Waals surface area contributed by atoms with Crippen LogP contribution in [0.4, 0.5) is 0 Å². The topological polar surface area (TPSA) is 44.1 Å². The third-order valence-corrected chi connectivity index (χ3v) is 4.94. The van der Waals surface area contributed by atoms with Crippen molar-refractivity contribution in [2.24, 2.45) is 0 Å². The summed E-state index contributed by atoms with van der Waals surface area (Å²) in [5.41, 5.74) is 1.08. The second-order valence-corrected chi connectivity index (χ2v) is 6.49. The standard InChI is InChI=1S/C20H24N2O2/c1-3-20(12-8-5-9-13-20)24-19(23)18-14-21-15-22(18)16(2)17-10-6-4-7-11-17/h3-4,6-7,10-11,14-16H,1,5,8-9,12-13H2,2H3. The molecule has 1 aromatic carbocycles. The van der Waals surface area contributed by atoms with Crippen LogP contribution < -0.4 is 0 Å². The van der Waals surface area contributed by atoms with Crippen LogP contribution >= 0.6 is 0 Å². The van der Waals surface area contributed by atoms with Gasteiger partial charge in [-0.2, -0.15) is 0 Å². The molecular formula is C20H24N2O2. The Morgan fingerprint density at radius 2 is 2.00 bits per heavy atom. The molecule has 0 spiro atoms. The smallest absolute Gasteiger partial charge is 0.357 e. The first kappa shape index (κ1) is 16.5. The van der Waals surface area contributed by atoms with Crippen LogP contribution in [0.15, 0.2) is 55.5 Å². The van der Waals surface area contributed by atoms with Gasteiger partial charge in [-0.3, -0.25) is 0 Å².